The van der Waals surface area contributed by atoms with Gasteiger partial charge in [0.2, 0.25) is 0 Å². The Kier molecular flexibility index (Phi) is 12.2. The van der Waals surface area contributed by atoms with Crippen LogP contribution in [0.1, 0.15) is 11.1 Å². The number of methoxy groups -OCH3 is 2. The summed E-state index contributed by atoms with van der Waals surface area (Å²) in [6.45, 7) is 6.92. The second kappa shape index (κ2) is 15.3. The second-order valence-corrected chi connectivity index (χ2v) is 7.13. The van der Waals surface area contributed by atoms with Crippen molar-refractivity contribution in [3.05, 3.63) is 66.2 Å². The van der Waals surface area contributed by atoms with Crippen LogP contribution in [0.5, 0.6) is 17.2 Å². The van der Waals surface area contributed by atoms with Gasteiger partial charge >= 0.3 is 0 Å². The molecule has 1 unspecified atom stereocenters. The monoisotopic (exact) mass is 445 g/mol. The fourth-order valence-corrected chi connectivity index (χ4v) is 3.01. The van der Waals surface area contributed by atoms with Gasteiger partial charge in [-0.1, -0.05) is 30.3 Å². The fourth-order valence-electron chi connectivity index (χ4n) is 3.01. The summed E-state index contributed by atoms with van der Waals surface area (Å²) in [7, 11) is 3.24. The highest BCUT2D eigenvalue weighted by Gasteiger charge is 2.09. The van der Waals surface area contributed by atoms with Crippen LogP contribution in [0.25, 0.3) is 0 Å². The molecule has 1 atom stereocenters. The molecule has 0 fully saturated rings. The Balaban J connectivity index is 1.67. The van der Waals surface area contributed by atoms with Gasteiger partial charge in [0.1, 0.15) is 18.5 Å². The van der Waals surface area contributed by atoms with Crippen LogP contribution in [0.2, 0.25) is 0 Å². The van der Waals surface area contributed by atoms with Gasteiger partial charge in [-0.05, 0) is 36.7 Å². The SMILES string of the molecule is C=CCOCCOCc1ccccc1OCC(O)CNCCc1ccc(OC)c(OC)c1. The zero-order valence-electron chi connectivity index (χ0n) is 19.0. The van der Waals surface area contributed by atoms with Crippen molar-refractivity contribution in [2.45, 2.75) is 19.1 Å². The molecule has 0 saturated heterocycles. The van der Waals surface area contributed by atoms with Gasteiger partial charge in [-0.2, -0.15) is 0 Å². The van der Waals surface area contributed by atoms with Crippen molar-refractivity contribution >= 4 is 0 Å². The van der Waals surface area contributed by atoms with Gasteiger partial charge in [-0.3, -0.25) is 0 Å². The molecule has 0 saturated carbocycles. The normalized spacial score (nSPS) is 11.7. The van der Waals surface area contributed by atoms with E-state index in [4.69, 9.17) is 23.7 Å². The van der Waals surface area contributed by atoms with Crippen LogP contribution < -0.4 is 19.5 Å². The van der Waals surface area contributed by atoms with Crippen LogP contribution >= 0.6 is 0 Å². The minimum absolute atomic E-state index is 0.197. The van der Waals surface area contributed by atoms with Gasteiger partial charge in [0.15, 0.2) is 11.5 Å². The quantitative estimate of drug-likeness (QED) is 0.286. The molecule has 2 rings (SSSR count). The van der Waals surface area contributed by atoms with Gasteiger partial charge in [-0.15, -0.1) is 6.58 Å². The maximum absolute atomic E-state index is 10.3. The first-order chi connectivity index (χ1) is 15.7. The Labute approximate surface area is 190 Å². The number of ether oxygens (including phenoxy) is 5. The van der Waals surface area contributed by atoms with E-state index in [1.54, 1.807) is 20.3 Å². The van der Waals surface area contributed by atoms with E-state index in [1.807, 2.05) is 42.5 Å². The Morgan fingerprint density at radius 2 is 1.78 bits per heavy atom. The van der Waals surface area contributed by atoms with Crippen molar-refractivity contribution in [2.75, 3.05) is 53.7 Å². The molecule has 2 aromatic carbocycles. The topological polar surface area (TPSA) is 78.4 Å². The molecule has 0 bridgehead atoms. The molecule has 0 aliphatic rings. The molecule has 0 aliphatic heterocycles. The van der Waals surface area contributed by atoms with E-state index < -0.39 is 6.10 Å². The lowest BCUT2D eigenvalue weighted by Gasteiger charge is -2.16. The molecule has 0 heterocycles. The first-order valence-electron chi connectivity index (χ1n) is 10.7. The standard InChI is InChI=1S/C25H35NO6/c1-4-13-30-14-15-31-18-21-7-5-6-8-23(21)32-19-22(27)17-26-12-11-20-9-10-24(28-2)25(16-20)29-3/h4-10,16,22,26-27H,1,11-15,17-19H2,2-3H3. The predicted molar refractivity (Wildman–Crippen MR) is 125 cm³/mol. The summed E-state index contributed by atoms with van der Waals surface area (Å²) in [5.74, 6) is 2.14. The third kappa shape index (κ3) is 9.28. The number of benzene rings is 2. The summed E-state index contributed by atoms with van der Waals surface area (Å²) in [6.07, 6.45) is 1.89. The smallest absolute Gasteiger partial charge is 0.160 e. The third-order valence-corrected chi connectivity index (χ3v) is 4.69. The fraction of sp³-hybridized carbons (Fsp3) is 0.440. The van der Waals surface area contributed by atoms with Crippen molar-refractivity contribution in [1.82, 2.24) is 5.32 Å². The summed E-state index contributed by atoms with van der Waals surface area (Å²) < 4.78 is 27.3. The van der Waals surface area contributed by atoms with Crippen molar-refractivity contribution < 1.29 is 28.8 Å². The lowest BCUT2D eigenvalue weighted by molar-refractivity contribution is 0.0486. The molecule has 0 aromatic heterocycles. The molecule has 2 aromatic rings. The minimum atomic E-state index is -0.623. The maximum atomic E-state index is 10.3. The molecule has 0 aliphatic carbocycles. The molecular weight excluding hydrogens is 410 g/mol. The number of para-hydroxylation sites is 1. The average molecular weight is 446 g/mol. The van der Waals surface area contributed by atoms with Crippen LogP contribution in [-0.2, 0) is 22.5 Å². The van der Waals surface area contributed by atoms with Gasteiger partial charge in [0, 0.05) is 12.1 Å². The number of hydrogen-bond donors (Lipinski definition) is 2. The number of hydrogen-bond acceptors (Lipinski definition) is 7. The van der Waals surface area contributed by atoms with E-state index in [0.717, 1.165) is 24.1 Å². The van der Waals surface area contributed by atoms with Crippen molar-refractivity contribution in [2.24, 2.45) is 0 Å². The van der Waals surface area contributed by atoms with Gasteiger partial charge < -0.3 is 34.1 Å². The lowest BCUT2D eigenvalue weighted by Crippen LogP contribution is -2.32. The Morgan fingerprint density at radius 1 is 1.00 bits per heavy atom. The van der Waals surface area contributed by atoms with Crippen molar-refractivity contribution in [3.8, 4) is 17.2 Å². The molecule has 2 N–H and O–H groups in total. The molecule has 7 heteroatoms. The van der Waals surface area contributed by atoms with Crippen molar-refractivity contribution in [1.29, 1.82) is 0 Å². The van der Waals surface area contributed by atoms with Crippen LogP contribution in [0.15, 0.2) is 55.1 Å². The Hall–Kier alpha value is -2.58. The third-order valence-electron chi connectivity index (χ3n) is 4.69. The van der Waals surface area contributed by atoms with E-state index >= 15 is 0 Å². The average Bonchev–Trinajstić information content (AvgIpc) is 2.83. The molecule has 32 heavy (non-hydrogen) atoms. The highest BCUT2D eigenvalue weighted by atomic mass is 16.5. The van der Waals surface area contributed by atoms with Crippen molar-refractivity contribution in [3.63, 3.8) is 0 Å². The highest BCUT2D eigenvalue weighted by molar-refractivity contribution is 5.43. The summed E-state index contributed by atoms with van der Waals surface area (Å²) >= 11 is 0. The Morgan fingerprint density at radius 3 is 2.56 bits per heavy atom. The number of aliphatic hydroxyl groups is 1. The van der Waals surface area contributed by atoms with E-state index in [1.165, 1.54) is 0 Å². The first kappa shape index (κ1) is 25.7. The van der Waals surface area contributed by atoms with Gasteiger partial charge in [0.25, 0.3) is 0 Å². The van der Waals surface area contributed by atoms with Crippen LogP contribution in [0.4, 0.5) is 0 Å². The summed E-state index contributed by atoms with van der Waals surface area (Å²) in [5.41, 5.74) is 2.06. The van der Waals surface area contributed by atoms with E-state index in [2.05, 4.69) is 11.9 Å². The van der Waals surface area contributed by atoms with Crippen LogP contribution in [0, 0.1) is 0 Å². The zero-order valence-corrected chi connectivity index (χ0v) is 19.0. The lowest BCUT2D eigenvalue weighted by atomic mass is 10.1. The van der Waals surface area contributed by atoms with E-state index in [9.17, 15) is 5.11 Å². The maximum Gasteiger partial charge on any atom is 0.160 e. The van der Waals surface area contributed by atoms with Crippen LogP contribution in [-0.4, -0.2) is 64.9 Å². The molecule has 0 amide bonds. The molecule has 0 radical (unpaired) electrons. The second-order valence-electron chi connectivity index (χ2n) is 7.13. The largest absolute Gasteiger partial charge is 0.493 e. The Bertz CT molecular complexity index is 798. The molecular formula is C25H35NO6. The minimum Gasteiger partial charge on any atom is -0.493 e. The van der Waals surface area contributed by atoms with Gasteiger partial charge in [-0.25, -0.2) is 0 Å². The van der Waals surface area contributed by atoms with Crippen LogP contribution in [0.3, 0.4) is 0 Å². The number of nitrogens with one attached hydrogen (secondary N) is 1. The van der Waals surface area contributed by atoms with E-state index in [0.29, 0.717) is 50.2 Å². The zero-order chi connectivity index (χ0) is 23.0. The first-order valence-corrected chi connectivity index (χ1v) is 10.7. The molecule has 0 spiro atoms. The predicted octanol–water partition coefficient (Wildman–Crippen LogP) is 3.00. The molecule has 176 valence electrons. The van der Waals surface area contributed by atoms with E-state index in [-0.39, 0.29) is 6.61 Å². The summed E-state index contributed by atoms with van der Waals surface area (Å²) in [5, 5.41) is 13.5. The summed E-state index contributed by atoms with van der Waals surface area (Å²) in [6, 6.07) is 13.5. The highest BCUT2D eigenvalue weighted by Crippen LogP contribution is 2.27. The summed E-state index contributed by atoms with van der Waals surface area (Å²) in [4.78, 5) is 0. The number of aliphatic hydroxyl groups excluding tert-OH is 1. The molecule has 7 nitrogen and oxygen atoms in total. The van der Waals surface area contributed by atoms with Gasteiger partial charge in [0.05, 0.1) is 40.6 Å². The number of rotatable bonds is 17.